The highest BCUT2D eigenvalue weighted by atomic mass is 35.5. The Morgan fingerprint density at radius 1 is 0.824 bits per heavy atom. The fraction of sp³-hybridized carbons (Fsp3) is 0.182. The molecule has 0 N–H and O–H groups in total. The van der Waals surface area contributed by atoms with E-state index >= 15 is 0 Å². The molecule has 2 aromatic carbocycles. The van der Waals surface area contributed by atoms with E-state index in [2.05, 4.69) is 9.98 Å². The highest BCUT2D eigenvalue weighted by Crippen LogP contribution is 2.49. The summed E-state index contributed by atoms with van der Waals surface area (Å²) in [5.41, 5.74) is -4.95. The summed E-state index contributed by atoms with van der Waals surface area (Å²) in [5, 5.41) is -0.0548. The third-order valence-electron chi connectivity index (χ3n) is 4.94. The van der Waals surface area contributed by atoms with Gasteiger partial charge in [0.15, 0.2) is 0 Å². The third-order valence-corrected chi connectivity index (χ3v) is 5.48. The number of hydrogen-bond acceptors (Lipinski definition) is 4. The zero-order valence-corrected chi connectivity index (χ0v) is 18.3. The minimum absolute atomic E-state index is 0.00409. The van der Waals surface area contributed by atoms with Gasteiger partial charge >= 0.3 is 18.0 Å². The molecule has 1 aliphatic heterocycles. The van der Waals surface area contributed by atoms with Gasteiger partial charge in [-0.15, -0.1) is 0 Å². The van der Waals surface area contributed by atoms with E-state index in [1.54, 1.807) is 6.07 Å². The SMILES string of the molecule is FC(F)(F)C1(C(F)(F)F)N=C(c2ccccc2)N(Cc2ccco2)C(c2ccc(Cl)cc2Cl)=N1. The first-order valence-corrected chi connectivity index (χ1v) is 10.3. The molecule has 4 rings (SSSR count). The molecule has 0 radical (unpaired) electrons. The van der Waals surface area contributed by atoms with E-state index in [0.29, 0.717) is 0 Å². The Kier molecular flexibility index (Phi) is 6.15. The zero-order chi connectivity index (χ0) is 24.7. The van der Waals surface area contributed by atoms with Crippen LogP contribution in [0.4, 0.5) is 26.3 Å². The zero-order valence-electron chi connectivity index (χ0n) is 16.8. The minimum atomic E-state index is -5.91. The van der Waals surface area contributed by atoms with Crippen molar-refractivity contribution in [2.24, 2.45) is 9.98 Å². The van der Waals surface area contributed by atoms with Crippen LogP contribution in [0.3, 0.4) is 0 Å². The van der Waals surface area contributed by atoms with Gasteiger partial charge in [0.25, 0.3) is 0 Å². The van der Waals surface area contributed by atoms with Crippen LogP contribution in [0.1, 0.15) is 16.9 Å². The predicted octanol–water partition coefficient (Wildman–Crippen LogP) is 7.12. The fourth-order valence-corrected chi connectivity index (χ4v) is 3.85. The van der Waals surface area contributed by atoms with Gasteiger partial charge in [0.2, 0.25) is 0 Å². The molecule has 1 aliphatic rings. The molecule has 0 unspecified atom stereocenters. The highest BCUT2D eigenvalue weighted by Gasteiger charge is 2.74. The Labute approximate surface area is 199 Å². The molecule has 2 heterocycles. The molecule has 12 heteroatoms. The first-order valence-electron chi connectivity index (χ1n) is 9.57. The van der Waals surface area contributed by atoms with Crippen molar-refractivity contribution in [3.8, 4) is 0 Å². The van der Waals surface area contributed by atoms with Crippen molar-refractivity contribution in [2.45, 2.75) is 24.6 Å². The van der Waals surface area contributed by atoms with Gasteiger partial charge in [0, 0.05) is 16.1 Å². The lowest BCUT2D eigenvalue weighted by Crippen LogP contribution is -2.59. The molecule has 0 saturated carbocycles. The van der Waals surface area contributed by atoms with Crippen LogP contribution >= 0.6 is 23.2 Å². The number of rotatable bonds is 4. The summed E-state index contributed by atoms with van der Waals surface area (Å²) in [4.78, 5) is 7.49. The molecular formula is C22H13Cl2F6N3O. The molecule has 178 valence electrons. The quantitative estimate of drug-likeness (QED) is 0.344. The van der Waals surface area contributed by atoms with E-state index < -0.39 is 29.7 Å². The fourth-order valence-electron chi connectivity index (χ4n) is 3.36. The van der Waals surface area contributed by atoms with Crippen molar-refractivity contribution in [1.82, 2.24) is 4.90 Å². The first kappa shape index (κ1) is 24.2. The van der Waals surface area contributed by atoms with Crippen LogP contribution in [0, 0.1) is 0 Å². The first-order chi connectivity index (χ1) is 15.9. The van der Waals surface area contributed by atoms with Crippen molar-refractivity contribution in [2.75, 3.05) is 0 Å². The second kappa shape index (κ2) is 8.66. The maximum Gasteiger partial charge on any atom is 0.443 e. The lowest BCUT2D eigenvalue weighted by atomic mass is 10.0. The molecule has 0 fully saturated rings. The summed E-state index contributed by atoms with van der Waals surface area (Å²) in [6.07, 6.45) is -10.5. The minimum Gasteiger partial charge on any atom is -0.467 e. The number of amidine groups is 2. The van der Waals surface area contributed by atoms with Crippen LogP contribution in [0.2, 0.25) is 10.0 Å². The summed E-state index contributed by atoms with van der Waals surface area (Å²) in [5.74, 6) is -1.06. The molecule has 0 saturated heterocycles. The van der Waals surface area contributed by atoms with E-state index in [1.165, 1.54) is 60.9 Å². The number of nitrogens with zero attached hydrogens (tertiary/aromatic N) is 3. The summed E-state index contributed by atoms with van der Waals surface area (Å²) in [6, 6.07) is 13.9. The molecule has 0 aliphatic carbocycles. The number of furan rings is 1. The summed E-state index contributed by atoms with van der Waals surface area (Å²) < 4.78 is 90.0. The van der Waals surface area contributed by atoms with E-state index in [4.69, 9.17) is 27.6 Å². The third kappa shape index (κ3) is 4.27. The maximum atomic E-state index is 14.1. The molecule has 34 heavy (non-hydrogen) atoms. The van der Waals surface area contributed by atoms with Gasteiger partial charge in [-0.25, -0.2) is 9.98 Å². The van der Waals surface area contributed by atoms with Crippen LogP contribution in [0.15, 0.2) is 81.3 Å². The number of alkyl halides is 6. The molecule has 0 spiro atoms. The van der Waals surface area contributed by atoms with Gasteiger partial charge in [-0.3, -0.25) is 0 Å². The highest BCUT2D eigenvalue weighted by molar-refractivity contribution is 6.37. The Hall–Kier alpha value is -2.98. The molecule has 0 amide bonds. The Bertz CT molecular complexity index is 1220. The Morgan fingerprint density at radius 2 is 1.47 bits per heavy atom. The normalized spacial score (nSPS) is 16.3. The standard InChI is InChI=1S/C22H13Cl2F6N3O/c23-14-8-9-16(17(24)11-14)19-32-20(21(25,26)27,22(28,29)30)31-18(13-5-2-1-3-6-13)33(19)12-15-7-4-10-34-15/h1-11H,12H2. The molecule has 3 aromatic rings. The lowest BCUT2D eigenvalue weighted by Gasteiger charge is -2.39. The van der Waals surface area contributed by atoms with Gasteiger partial charge in [-0.2, -0.15) is 26.3 Å². The van der Waals surface area contributed by atoms with Crippen LogP contribution < -0.4 is 0 Å². The van der Waals surface area contributed by atoms with Crippen LogP contribution in [0.5, 0.6) is 0 Å². The van der Waals surface area contributed by atoms with E-state index in [0.717, 1.165) is 4.90 Å². The number of benzene rings is 2. The summed E-state index contributed by atoms with van der Waals surface area (Å²) >= 11 is 12.1. The van der Waals surface area contributed by atoms with Gasteiger partial charge < -0.3 is 9.32 Å². The van der Waals surface area contributed by atoms with Gasteiger partial charge in [-0.05, 0) is 30.3 Å². The largest absolute Gasteiger partial charge is 0.467 e. The number of hydrogen-bond donors (Lipinski definition) is 0. The van der Waals surface area contributed by atoms with Gasteiger partial charge in [-0.1, -0.05) is 53.5 Å². The molecule has 0 atom stereocenters. The van der Waals surface area contributed by atoms with Crippen LogP contribution in [-0.4, -0.2) is 34.6 Å². The van der Waals surface area contributed by atoms with Crippen LogP contribution in [0.25, 0.3) is 0 Å². The predicted molar refractivity (Wildman–Crippen MR) is 115 cm³/mol. The molecule has 4 nitrogen and oxygen atoms in total. The molecule has 0 bridgehead atoms. The van der Waals surface area contributed by atoms with Crippen molar-refractivity contribution < 1.29 is 30.8 Å². The second-order valence-corrected chi connectivity index (χ2v) is 8.04. The monoisotopic (exact) mass is 519 g/mol. The average Bonchev–Trinajstić information content (AvgIpc) is 3.26. The number of halogens is 8. The second-order valence-electron chi connectivity index (χ2n) is 7.19. The van der Waals surface area contributed by atoms with Gasteiger partial charge in [0.1, 0.15) is 17.4 Å². The number of aliphatic imine (C=N–C) groups is 2. The molecular weight excluding hydrogens is 507 g/mol. The van der Waals surface area contributed by atoms with Crippen molar-refractivity contribution in [1.29, 1.82) is 0 Å². The Morgan fingerprint density at radius 3 is 2.03 bits per heavy atom. The smallest absolute Gasteiger partial charge is 0.443 e. The Balaban J connectivity index is 2.06. The summed E-state index contributed by atoms with van der Waals surface area (Å²) in [7, 11) is 0. The van der Waals surface area contributed by atoms with Crippen LogP contribution in [-0.2, 0) is 6.54 Å². The van der Waals surface area contributed by atoms with E-state index in [1.807, 2.05) is 0 Å². The van der Waals surface area contributed by atoms with Crippen molar-refractivity contribution in [3.63, 3.8) is 0 Å². The van der Waals surface area contributed by atoms with Crippen molar-refractivity contribution in [3.05, 3.63) is 93.9 Å². The topological polar surface area (TPSA) is 41.1 Å². The van der Waals surface area contributed by atoms with E-state index in [9.17, 15) is 26.3 Å². The van der Waals surface area contributed by atoms with E-state index in [-0.39, 0.29) is 33.5 Å². The summed E-state index contributed by atoms with van der Waals surface area (Å²) in [6.45, 7) is -0.274. The van der Waals surface area contributed by atoms with Gasteiger partial charge in [0.05, 0.1) is 17.8 Å². The lowest BCUT2D eigenvalue weighted by molar-refractivity contribution is -0.293. The average molecular weight is 520 g/mol. The maximum absolute atomic E-state index is 14.1. The van der Waals surface area contributed by atoms with Crippen molar-refractivity contribution >= 4 is 34.9 Å². The molecule has 1 aromatic heterocycles.